The van der Waals surface area contributed by atoms with E-state index in [0.717, 1.165) is 38.0 Å². The lowest BCUT2D eigenvalue weighted by atomic mass is 9.92. The van der Waals surface area contributed by atoms with Gasteiger partial charge >= 0.3 is 0 Å². The Morgan fingerprint density at radius 1 is 1.28 bits per heavy atom. The summed E-state index contributed by atoms with van der Waals surface area (Å²) in [6.07, 6.45) is 9.50. The first kappa shape index (κ1) is 17.3. The van der Waals surface area contributed by atoms with Gasteiger partial charge in [0.05, 0.1) is 6.20 Å². The topological polar surface area (TPSA) is 83.9 Å². The highest BCUT2D eigenvalue weighted by Crippen LogP contribution is 2.22. The molecule has 1 aliphatic heterocycles. The molecule has 1 amide bonds. The Hall–Kier alpha value is -2.57. The van der Waals surface area contributed by atoms with Crippen LogP contribution in [0.3, 0.4) is 0 Å². The summed E-state index contributed by atoms with van der Waals surface area (Å²) in [5.74, 6) is 2.10. The highest BCUT2D eigenvalue weighted by molar-refractivity contribution is 5.78. The summed E-state index contributed by atoms with van der Waals surface area (Å²) in [6, 6.07) is 1.94. The third-order valence-corrected chi connectivity index (χ3v) is 4.37. The predicted molar refractivity (Wildman–Crippen MR) is 95.2 cm³/mol. The molecule has 1 aliphatic rings. The first-order chi connectivity index (χ1) is 12.1. The maximum atomic E-state index is 12.2. The lowest BCUT2D eigenvalue weighted by Crippen LogP contribution is -2.42. The average Bonchev–Trinajstić information content (AvgIpc) is 2.62. The summed E-state index contributed by atoms with van der Waals surface area (Å²) in [6.45, 7) is 5.60. The van der Waals surface area contributed by atoms with Crippen LogP contribution in [0.4, 0.5) is 11.6 Å². The van der Waals surface area contributed by atoms with Crippen molar-refractivity contribution < 1.29 is 4.79 Å². The number of piperidine rings is 1. The van der Waals surface area contributed by atoms with Crippen molar-refractivity contribution in [2.24, 2.45) is 11.8 Å². The molecule has 1 saturated heterocycles. The van der Waals surface area contributed by atoms with Crippen molar-refractivity contribution in [3.05, 3.63) is 36.7 Å². The predicted octanol–water partition coefficient (Wildman–Crippen LogP) is 2.45. The Morgan fingerprint density at radius 3 is 2.92 bits per heavy atom. The van der Waals surface area contributed by atoms with E-state index in [1.165, 1.54) is 0 Å². The molecule has 132 valence electrons. The summed E-state index contributed by atoms with van der Waals surface area (Å²) in [7, 11) is 0. The van der Waals surface area contributed by atoms with Crippen LogP contribution in [-0.4, -0.2) is 43.8 Å². The number of hydrogen-bond acceptors (Lipinski definition) is 6. The Balaban J connectivity index is 1.63. The number of amides is 1. The fourth-order valence-corrected chi connectivity index (χ4v) is 3.17. The van der Waals surface area contributed by atoms with Crippen molar-refractivity contribution >= 4 is 17.5 Å². The molecule has 0 aromatic carbocycles. The van der Waals surface area contributed by atoms with Crippen LogP contribution in [0, 0.1) is 11.8 Å². The van der Waals surface area contributed by atoms with E-state index < -0.39 is 0 Å². The highest BCUT2D eigenvalue weighted by Gasteiger charge is 2.25. The molecule has 7 nitrogen and oxygen atoms in total. The minimum Gasteiger partial charge on any atom is -0.342 e. The molecule has 1 N–H and O–H groups in total. The van der Waals surface area contributed by atoms with Crippen LogP contribution in [0.15, 0.2) is 31.0 Å². The van der Waals surface area contributed by atoms with E-state index in [1.807, 2.05) is 24.8 Å². The summed E-state index contributed by atoms with van der Waals surface area (Å²) < 4.78 is 0. The number of hydrogen-bond donors (Lipinski definition) is 1. The lowest BCUT2D eigenvalue weighted by Gasteiger charge is -2.33. The van der Waals surface area contributed by atoms with Crippen LogP contribution in [-0.2, 0) is 11.2 Å². The molecule has 3 rings (SSSR count). The van der Waals surface area contributed by atoms with Crippen molar-refractivity contribution in [3.63, 3.8) is 0 Å². The first-order valence-electron chi connectivity index (χ1n) is 8.74. The molecule has 0 radical (unpaired) electrons. The van der Waals surface area contributed by atoms with Crippen molar-refractivity contribution in [2.75, 3.05) is 18.4 Å². The molecule has 0 saturated carbocycles. The molecule has 25 heavy (non-hydrogen) atoms. The Bertz CT molecular complexity index is 706. The zero-order chi connectivity index (χ0) is 17.6. The standard InChI is InChI=1S/C18H24N6O/c1-13(2)18(25)24-7-3-4-14(11-24)8-15-9-16(22-12-21-15)23-17-10-19-5-6-20-17/h5-6,9-10,12-14H,3-4,7-8,11H2,1-2H3,(H,20,21,22,23)/t14-/m1/s1. The Labute approximate surface area is 147 Å². The van der Waals surface area contributed by atoms with Gasteiger partial charge in [-0.15, -0.1) is 0 Å². The summed E-state index contributed by atoms with van der Waals surface area (Å²) in [4.78, 5) is 31.1. The summed E-state index contributed by atoms with van der Waals surface area (Å²) in [5, 5.41) is 3.13. The van der Waals surface area contributed by atoms with Gasteiger partial charge in [0, 0.05) is 43.2 Å². The van der Waals surface area contributed by atoms with Gasteiger partial charge in [-0.3, -0.25) is 9.78 Å². The minimum atomic E-state index is 0.0561. The van der Waals surface area contributed by atoms with Gasteiger partial charge in [0.25, 0.3) is 0 Å². The van der Waals surface area contributed by atoms with Crippen LogP contribution in [0.1, 0.15) is 32.4 Å². The largest absolute Gasteiger partial charge is 0.342 e. The number of carbonyl (C=O) groups is 1. The second-order valence-corrected chi connectivity index (χ2v) is 6.76. The monoisotopic (exact) mass is 340 g/mol. The lowest BCUT2D eigenvalue weighted by molar-refractivity contribution is -0.136. The molecule has 0 bridgehead atoms. The van der Waals surface area contributed by atoms with E-state index in [-0.39, 0.29) is 11.8 Å². The molecule has 2 aromatic rings. The van der Waals surface area contributed by atoms with Crippen LogP contribution in [0.25, 0.3) is 0 Å². The Morgan fingerprint density at radius 2 is 2.16 bits per heavy atom. The normalized spacial score (nSPS) is 17.6. The number of anilines is 2. The molecule has 0 unspecified atom stereocenters. The van der Waals surface area contributed by atoms with Gasteiger partial charge in [-0.1, -0.05) is 13.8 Å². The molecule has 0 spiro atoms. The molecule has 1 fully saturated rings. The molecule has 1 atom stereocenters. The fraction of sp³-hybridized carbons (Fsp3) is 0.500. The quantitative estimate of drug-likeness (QED) is 0.900. The number of carbonyl (C=O) groups excluding carboxylic acids is 1. The molecule has 0 aliphatic carbocycles. The van der Waals surface area contributed by atoms with Gasteiger partial charge in [0.2, 0.25) is 5.91 Å². The van der Waals surface area contributed by atoms with E-state index in [1.54, 1.807) is 24.9 Å². The molecule has 3 heterocycles. The van der Waals surface area contributed by atoms with E-state index in [0.29, 0.717) is 17.6 Å². The maximum Gasteiger partial charge on any atom is 0.225 e. The summed E-state index contributed by atoms with van der Waals surface area (Å²) >= 11 is 0. The van der Waals surface area contributed by atoms with Crippen LogP contribution < -0.4 is 5.32 Å². The second kappa shape index (κ2) is 8.00. The molecular formula is C18H24N6O. The van der Waals surface area contributed by atoms with Gasteiger partial charge in [0.1, 0.15) is 18.0 Å². The van der Waals surface area contributed by atoms with Crippen LogP contribution in [0.5, 0.6) is 0 Å². The number of rotatable bonds is 5. The molecular weight excluding hydrogens is 316 g/mol. The third-order valence-electron chi connectivity index (χ3n) is 4.37. The first-order valence-corrected chi connectivity index (χ1v) is 8.74. The van der Waals surface area contributed by atoms with Crippen LogP contribution in [0.2, 0.25) is 0 Å². The number of aromatic nitrogens is 4. The zero-order valence-corrected chi connectivity index (χ0v) is 14.7. The van der Waals surface area contributed by atoms with Gasteiger partial charge < -0.3 is 10.2 Å². The second-order valence-electron chi connectivity index (χ2n) is 6.76. The fourth-order valence-electron chi connectivity index (χ4n) is 3.17. The van der Waals surface area contributed by atoms with Gasteiger partial charge in [-0.25, -0.2) is 15.0 Å². The minimum absolute atomic E-state index is 0.0561. The van der Waals surface area contributed by atoms with E-state index in [2.05, 4.69) is 25.3 Å². The van der Waals surface area contributed by atoms with Crippen LogP contribution >= 0.6 is 0 Å². The van der Waals surface area contributed by atoms with Gasteiger partial charge in [-0.05, 0) is 25.2 Å². The smallest absolute Gasteiger partial charge is 0.225 e. The van der Waals surface area contributed by atoms with E-state index in [4.69, 9.17) is 0 Å². The van der Waals surface area contributed by atoms with Crippen molar-refractivity contribution in [3.8, 4) is 0 Å². The molecule has 2 aromatic heterocycles. The van der Waals surface area contributed by atoms with Crippen molar-refractivity contribution in [1.82, 2.24) is 24.8 Å². The van der Waals surface area contributed by atoms with Crippen molar-refractivity contribution in [2.45, 2.75) is 33.1 Å². The SMILES string of the molecule is CC(C)C(=O)N1CCC[C@H](Cc2cc(Nc3cnccn3)ncn2)C1. The van der Waals surface area contributed by atoms with Gasteiger partial charge in [-0.2, -0.15) is 0 Å². The Kier molecular flexibility index (Phi) is 5.53. The average molecular weight is 340 g/mol. The van der Waals surface area contributed by atoms with E-state index in [9.17, 15) is 4.79 Å². The number of likely N-dealkylation sites (tertiary alicyclic amines) is 1. The number of nitrogens with one attached hydrogen (secondary N) is 1. The maximum absolute atomic E-state index is 12.2. The van der Waals surface area contributed by atoms with Crippen molar-refractivity contribution in [1.29, 1.82) is 0 Å². The number of nitrogens with zero attached hydrogens (tertiary/aromatic N) is 5. The van der Waals surface area contributed by atoms with E-state index >= 15 is 0 Å². The highest BCUT2D eigenvalue weighted by atomic mass is 16.2. The third kappa shape index (κ3) is 4.71. The zero-order valence-electron chi connectivity index (χ0n) is 14.7. The van der Waals surface area contributed by atoms with Gasteiger partial charge in [0.15, 0.2) is 0 Å². The summed E-state index contributed by atoms with van der Waals surface area (Å²) in [5.41, 5.74) is 0.977. The molecule has 7 heteroatoms.